The van der Waals surface area contributed by atoms with Gasteiger partial charge < -0.3 is 14.9 Å². The Morgan fingerprint density at radius 1 is 1.25 bits per heavy atom. The lowest BCUT2D eigenvalue weighted by molar-refractivity contribution is -0.141. The maximum Gasteiger partial charge on any atom is 0.320 e. The topological polar surface area (TPSA) is 60.9 Å². The first-order valence-corrected chi connectivity index (χ1v) is 7.61. The van der Waals surface area contributed by atoms with Crippen LogP contribution in [0.3, 0.4) is 0 Å². The van der Waals surface area contributed by atoms with Gasteiger partial charge in [-0.1, -0.05) is 13.8 Å². The molecule has 2 amide bonds. The molecule has 5 nitrogen and oxygen atoms in total. The van der Waals surface area contributed by atoms with E-state index >= 15 is 0 Å². The molecule has 1 aliphatic carbocycles. The first kappa shape index (κ1) is 16.8. The van der Waals surface area contributed by atoms with E-state index in [0.717, 1.165) is 18.8 Å². The second kappa shape index (κ2) is 7.50. The summed E-state index contributed by atoms with van der Waals surface area (Å²) in [5, 5.41) is 8.97. The monoisotopic (exact) mass is 284 g/mol. The van der Waals surface area contributed by atoms with Crippen molar-refractivity contribution in [2.45, 2.75) is 52.5 Å². The Morgan fingerprint density at radius 2 is 1.80 bits per heavy atom. The Balaban J connectivity index is 2.58. The van der Waals surface area contributed by atoms with E-state index in [1.807, 2.05) is 18.9 Å². The molecule has 0 saturated heterocycles. The lowest BCUT2D eigenvalue weighted by Crippen LogP contribution is -2.48. The molecule has 1 fully saturated rings. The molecule has 0 spiro atoms. The Hall–Kier alpha value is -1.26. The minimum Gasteiger partial charge on any atom is -0.481 e. The van der Waals surface area contributed by atoms with E-state index in [0.29, 0.717) is 12.6 Å². The van der Waals surface area contributed by atoms with Crippen molar-refractivity contribution >= 4 is 12.0 Å². The maximum atomic E-state index is 12.5. The lowest BCUT2D eigenvalue weighted by atomic mass is 9.87. The zero-order valence-corrected chi connectivity index (χ0v) is 13.1. The number of nitrogens with zero attached hydrogens (tertiary/aromatic N) is 2. The number of hydrogen-bond donors (Lipinski definition) is 1. The van der Waals surface area contributed by atoms with Crippen LogP contribution in [0.1, 0.15) is 46.5 Å². The fourth-order valence-corrected chi connectivity index (χ4v) is 2.76. The number of hydrogen-bond acceptors (Lipinski definition) is 2. The zero-order valence-electron chi connectivity index (χ0n) is 13.1. The Morgan fingerprint density at radius 3 is 2.25 bits per heavy atom. The standard InChI is InChI=1S/C15H28N2O3/c1-5-17(10-12(3)14(18)19)15(20)16(4)13-8-6-11(2)7-9-13/h11-13H,5-10H2,1-4H3,(H,18,19). The molecule has 0 aromatic heterocycles. The highest BCUT2D eigenvalue weighted by atomic mass is 16.4. The molecule has 0 aliphatic heterocycles. The number of carboxylic acids is 1. The first-order valence-electron chi connectivity index (χ1n) is 7.61. The van der Waals surface area contributed by atoms with Gasteiger partial charge in [-0.15, -0.1) is 0 Å². The van der Waals surface area contributed by atoms with Crippen LogP contribution in [0, 0.1) is 11.8 Å². The summed E-state index contributed by atoms with van der Waals surface area (Å²) < 4.78 is 0. The molecular weight excluding hydrogens is 256 g/mol. The summed E-state index contributed by atoms with van der Waals surface area (Å²) in [5.74, 6) is -0.631. The van der Waals surface area contributed by atoms with E-state index in [-0.39, 0.29) is 12.6 Å². The number of carbonyl (C=O) groups is 2. The van der Waals surface area contributed by atoms with Gasteiger partial charge in [0.1, 0.15) is 0 Å². The lowest BCUT2D eigenvalue weighted by Gasteiger charge is -2.37. The maximum absolute atomic E-state index is 12.5. The summed E-state index contributed by atoms with van der Waals surface area (Å²) in [5.41, 5.74) is 0. The quantitative estimate of drug-likeness (QED) is 0.844. The highest BCUT2D eigenvalue weighted by molar-refractivity contribution is 5.76. The van der Waals surface area contributed by atoms with Crippen LogP contribution in [0.5, 0.6) is 0 Å². The van der Waals surface area contributed by atoms with Crippen molar-refractivity contribution in [1.82, 2.24) is 9.80 Å². The molecule has 1 saturated carbocycles. The second-order valence-corrected chi connectivity index (χ2v) is 6.09. The van der Waals surface area contributed by atoms with Crippen molar-refractivity contribution in [2.75, 3.05) is 20.1 Å². The van der Waals surface area contributed by atoms with Crippen molar-refractivity contribution in [3.8, 4) is 0 Å². The predicted octanol–water partition coefficient (Wildman–Crippen LogP) is 2.66. The molecule has 1 rings (SSSR count). The SMILES string of the molecule is CCN(CC(C)C(=O)O)C(=O)N(C)C1CCC(C)CC1. The Bertz CT molecular complexity index is 338. The largest absolute Gasteiger partial charge is 0.481 e. The summed E-state index contributed by atoms with van der Waals surface area (Å²) in [7, 11) is 1.84. The minimum atomic E-state index is -0.856. The van der Waals surface area contributed by atoms with Gasteiger partial charge in [0.05, 0.1) is 5.92 Å². The fourth-order valence-electron chi connectivity index (χ4n) is 2.76. The molecule has 0 heterocycles. The molecule has 0 aromatic carbocycles. The van der Waals surface area contributed by atoms with Crippen LogP contribution >= 0.6 is 0 Å². The Kier molecular flexibility index (Phi) is 6.30. The van der Waals surface area contributed by atoms with E-state index in [1.165, 1.54) is 12.8 Å². The van der Waals surface area contributed by atoms with Crippen LogP contribution in [0.15, 0.2) is 0 Å². The van der Waals surface area contributed by atoms with Crippen molar-refractivity contribution < 1.29 is 14.7 Å². The number of urea groups is 1. The summed E-state index contributed by atoms with van der Waals surface area (Å²) in [6.07, 6.45) is 4.44. The van der Waals surface area contributed by atoms with Gasteiger partial charge in [0.2, 0.25) is 0 Å². The molecule has 116 valence electrons. The highest BCUT2D eigenvalue weighted by Crippen LogP contribution is 2.27. The van der Waals surface area contributed by atoms with Gasteiger partial charge in [-0.2, -0.15) is 0 Å². The summed E-state index contributed by atoms with van der Waals surface area (Å²) in [4.78, 5) is 26.8. The number of amides is 2. The summed E-state index contributed by atoms with van der Waals surface area (Å²) in [6, 6.07) is 0.257. The number of carbonyl (C=O) groups excluding carboxylic acids is 1. The van der Waals surface area contributed by atoms with Crippen LogP contribution in [0.2, 0.25) is 0 Å². The van der Waals surface area contributed by atoms with Crippen LogP contribution in [-0.4, -0.2) is 53.1 Å². The van der Waals surface area contributed by atoms with Crippen molar-refractivity contribution in [3.05, 3.63) is 0 Å². The van der Waals surface area contributed by atoms with Crippen LogP contribution in [0.4, 0.5) is 4.79 Å². The molecule has 20 heavy (non-hydrogen) atoms. The third kappa shape index (κ3) is 4.39. The smallest absolute Gasteiger partial charge is 0.320 e. The predicted molar refractivity (Wildman–Crippen MR) is 78.6 cm³/mol. The molecule has 0 bridgehead atoms. The van der Waals surface area contributed by atoms with Gasteiger partial charge in [0, 0.05) is 26.2 Å². The van der Waals surface area contributed by atoms with Gasteiger partial charge >= 0.3 is 12.0 Å². The number of carboxylic acid groups (broad SMARTS) is 1. The first-order chi connectivity index (χ1) is 9.36. The number of rotatable bonds is 5. The van der Waals surface area contributed by atoms with E-state index in [1.54, 1.807) is 11.8 Å². The zero-order chi connectivity index (χ0) is 15.3. The molecule has 0 aromatic rings. The average molecular weight is 284 g/mol. The molecule has 5 heteroatoms. The fraction of sp³-hybridized carbons (Fsp3) is 0.867. The van der Waals surface area contributed by atoms with E-state index < -0.39 is 11.9 Å². The molecule has 1 aliphatic rings. The van der Waals surface area contributed by atoms with Gasteiger partial charge in [0.15, 0.2) is 0 Å². The normalized spacial score (nSPS) is 24.0. The van der Waals surface area contributed by atoms with Crippen molar-refractivity contribution in [1.29, 1.82) is 0 Å². The van der Waals surface area contributed by atoms with E-state index in [4.69, 9.17) is 5.11 Å². The minimum absolute atomic E-state index is 0.0415. The van der Waals surface area contributed by atoms with Crippen LogP contribution in [-0.2, 0) is 4.79 Å². The molecule has 1 atom stereocenters. The molecule has 1 unspecified atom stereocenters. The highest BCUT2D eigenvalue weighted by Gasteiger charge is 2.28. The molecule has 0 radical (unpaired) electrons. The molecular formula is C15H28N2O3. The van der Waals surface area contributed by atoms with E-state index in [2.05, 4.69) is 6.92 Å². The third-order valence-electron chi connectivity index (χ3n) is 4.40. The second-order valence-electron chi connectivity index (χ2n) is 6.09. The average Bonchev–Trinajstić information content (AvgIpc) is 2.43. The van der Waals surface area contributed by atoms with Crippen molar-refractivity contribution in [3.63, 3.8) is 0 Å². The van der Waals surface area contributed by atoms with Crippen LogP contribution < -0.4 is 0 Å². The third-order valence-corrected chi connectivity index (χ3v) is 4.40. The van der Waals surface area contributed by atoms with Crippen molar-refractivity contribution in [2.24, 2.45) is 11.8 Å². The van der Waals surface area contributed by atoms with Gasteiger partial charge in [-0.05, 0) is 38.5 Å². The van der Waals surface area contributed by atoms with Crippen LogP contribution in [0.25, 0.3) is 0 Å². The van der Waals surface area contributed by atoms with Gasteiger partial charge in [-0.3, -0.25) is 4.79 Å². The summed E-state index contributed by atoms with van der Waals surface area (Å²) in [6.45, 7) is 6.61. The summed E-state index contributed by atoms with van der Waals surface area (Å²) >= 11 is 0. The van der Waals surface area contributed by atoms with E-state index in [9.17, 15) is 9.59 Å². The van der Waals surface area contributed by atoms with Gasteiger partial charge in [0.25, 0.3) is 0 Å². The molecule has 1 N–H and O–H groups in total. The van der Waals surface area contributed by atoms with Gasteiger partial charge in [-0.25, -0.2) is 4.79 Å². The number of aliphatic carboxylic acids is 1. The Labute approximate surface area is 121 Å².